The zero-order chi connectivity index (χ0) is 19.5. The maximum absolute atomic E-state index is 13.8. The molecule has 28 heavy (non-hydrogen) atoms. The number of halogens is 1. The monoisotopic (exact) mass is 387 g/mol. The molecule has 0 aliphatic carbocycles. The Hall–Kier alpha value is -3.13. The number of amides is 1. The zero-order valence-electron chi connectivity index (χ0n) is 14.9. The lowest BCUT2D eigenvalue weighted by atomic mass is 10.1. The van der Waals surface area contributed by atoms with Crippen molar-refractivity contribution in [1.82, 2.24) is 4.90 Å². The van der Waals surface area contributed by atoms with Gasteiger partial charge in [0.05, 0.1) is 13.2 Å². The van der Waals surface area contributed by atoms with Crippen LogP contribution in [0.1, 0.15) is 21.5 Å². The lowest BCUT2D eigenvalue weighted by Gasteiger charge is -2.20. The molecule has 2 aliphatic rings. The molecule has 2 aromatic rings. The highest BCUT2D eigenvalue weighted by Crippen LogP contribution is 2.30. The second-order valence-corrected chi connectivity index (χ2v) is 6.52. The van der Waals surface area contributed by atoms with Crippen LogP contribution in [-0.2, 0) is 27.4 Å². The molecule has 1 fully saturated rings. The van der Waals surface area contributed by atoms with E-state index in [0.717, 1.165) is 11.6 Å². The van der Waals surface area contributed by atoms with Crippen molar-refractivity contribution in [3.8, 4) is 5.75 Å². The number of ether oxygens (including phenoxy) is 4. The summed E-state index contributed by atoms with van der Waals surface area (Å²) < 4.78 is 34.7. The fourth-order valence-electron chi connectivity index (χ4n) is 3.17. The maximum atomic E-state index is 13.8. The molecule has 0 saturated carbocycles. The van der Waals surface area contributed by atoms with Gasteiger partial charge in [0.1, 0.15) is 23.7 Å². The van der Waals surface area contributed by atoms with Gasteiger partial charge in [-0.3, -0.25) is 0 Å². The van der Waals surface area contributed by atoms with Crippen molar-refractivity contribution >= 4 is 12.1 Å². The summed E-state index contributed by atoms with van der Waals surface area (Å²) in [6.45, 7) is 0.718. The summed E-state index contributed by atoms with van der Waals surface area (Å²) in [5.41, 5.74) is 1.41. The van der Waals surface area contributed by atoms with Crippen LogP contribution in [0.4, 0.5) is 9.18 Å². The van der Waals surface area contributed by atoms with Gasteiger partial charge < -0.3 is 23.8 Å². The number of hydrogen-bond acceptors (Lipinski definition) is 6. The van der Waals surface area contributed by atoms with Crippen LogP contribution in [0.5, 0.6) is 5.75 Å². The molecule has 1 amide bonds. The fourth-order valence-corrected chi connectivity index (χ4v) is 3.17. The van der Waals surface area contributed by atoms with Crippen LogP contribution in [0.25, 0.3) is 0 Å². The van der Waals surface area contributed by atoms with Gasteiger partial charge in [0.2, 0.25) is 0 Å². The molecule has 8 heteroatoms. The number of hydrogen-bond donors (Lipinski definition) is 0. The van der Waals surface area contributed by atoms with Gasteiger partial charge in [-0.25, -0.2) is 14.0 Å². The van der Waals surface area contributed by atoms with Crippen molar-refractivity contribution in [3.63, 3.8) is 0 Å². The van der Waals surface area contributed by atoms with Crippen molar-refractivity contribution in [2.45, 2.75) is 19.3 Å². The lowest BCUT2D eigenvalue weighted by Crippen LogP contribution is -2.26. The minimum Gasteiger partial charge on any atom is -0.466 e. The van der Waals surface area contributed by atoms with E-state index in [0.29, 0.717) is 18.7 Å². The van der Waals surface area contributed by atoms with Crippen LogP contribution < -0.4 is 4.74 Å². The van der Waals surface area contributed by atoms with Gasteiger partial charge in [0.15, 0.2) is 12.9 Å². The minimum absolute atomic E-state index is 0.0104. The summed E-state index contributed by atoms with van der Waals surface area (Å²) in [6.07, 6.45) is -1.05. The fraction of sp³-hybridized carbons (Fsp3) is 0.300. The highest BCUT2D eigenvalue weighted by Gasteiger charge is 2.32. The number of rotatable bonds is 5. The Morgan fingerprint density at radius 3 is 2.89 bits per heavy atom. The largest absolute Gasteiger partial charge is 0.466 e. The summed E-state index contributed by atoms with van der Waals surface area (Å²) in [4.78, 5) is 26.0. The topological polar surface area (TPSA) is 74.3 Å². The van der Waals surface area contributed by atoms with Crippen molar-refractivity contribution in [3.05, 3.63) is 65.0 Å². The standard InChI is InChI=1S/C20H18FNO6/c21-15-6-14-10-25-12-27-18(14)17(7-15)19(23)26-11-16-9-22(20(24)28-16)8-13-4-2-1-3-5-13/h1-7,16H,8-12H2/t16-/m0/s1. The first kappa shape index (κ1) is 18.2. The molecular weight excluding hydrogens is 369 g/mol. The summed E-state index contributed by atoms with van der Waals surface area (Å²) in [5, 5.41) is 0. The summed E-state index contributed by atoms with van der Waals surface area (Å²) in [7, 11) is 0. The third kappa shape index (κ3) is 3.91. The number of nitrogens with zero attached hydrogens (tertiary/aromatic N) is 1. The highest BCUT2D eigenvalue weighted by molar-refractivity contribution is 5.93. The average molecular weight is 387 g/mol. The molecule has 1 saturated heterocycles. The maximum Gasteiger partial charge on any atom is 0.410 e. The van der Waals surface area contributed by atoms with Crippen molar-refractivity contribution in [1.29, 1.82) is 0 Å². The van der Waals surface area contributed by atoms with Gasteiger partial charge in [-0.1, -0.05) is 30.3 Å². The quantitative estimate of drug-likeness (QED) is 0.735. The Balaban J connectivity index is 1.37. The van der Waals surface area contributed by atoms with Gasteiger partial charge in [-0.15, -0.1) is 0 Å². The van der Waals surface area contributed by atoms with Crippen molar-refractivity contribution in [2.24, 2.45) is 0 Å². The first-order chi connectivity index (χ1) is 13.6. The van der Waals surface area contributed by atoms with Gasteiger partial charge in [-0.2, -0.15) is 0 Å². The minimum atomic E-state index is -0.741. The van der Waals surface area contributed by atoms with Gasteiger partial charge in [0.25, 0.3) is 0 Å². The van der Waals surface area contributed by atoms with Crippen molar-refractivity contribution < 1.29 is 32.9 Å². The number of carbonyl (C=O) groups excluding carboxylic acids is 2. The third-order valence-electron chi connectivity index (χ3n) is 4.46. The molecule has 0 N–H and O–H groups in total. The van der Waals surface area contributed by atoms with E-state index in [2.05, 4.69) is 0 Å². The molecule has 7 nitrogen and oxygen atoms in total. The van der Waals surface area contributed by atoms with Gasteiger partial charge >= 0.3 is 12.1 Å². The number of esters is 1. The Kier molecular flexibility index (Phi) is 5.12. The van der Waals surface area contributed by atoms with Gasteiger partial charge in [-0.05, 0) is 17.7 Å². The third-order valence-corrected chi connectivity index (χ3v) is 4.46. The average Bonchev–Trinajstić information content (AvgIpc) is 3.05. The van der Waals surface area contributed by atoms with Gasteiger partial charge in [0, 0.05) is 12.1 Å². The molecule has 0 aromatic heterocycles. The van der Waals surface area contributed by atoms with E-state index in [4.69, 9.17) is 18.9 Å². The molecule has 0 radical (unpaired) electrons. The molecule has 146 valence electrons. The molecule has 1 atom stereocenters. The number of benzene rings is 2. The molecule has 0 spiro atoms. The van der Waals surface area contributed by atoms with E-state index in [1.54, 1.807) is 4.90 Å². The van der Waals surface area contributed by atoms with Crippen molar-refractivity contribution in [2.75, 3.05) is 19.9 Å². The number of carbonyl (C=O) groups is 2. The molecule has 0 unspecified atom stereocenters. The normalized spacial score (nSPS) is 18.2. The van der Waals surface area contributed by atoms with E-state index < -0.39 is 24.0 Å². The summed E-state index contributed by atoms with van der Waals surface area (Å²) >= 11 is 0. The smallest absolute Gasteiger partial charge is 0.410 e. The lowest BCUT2D eigenvalue weighted by molar-refractivity contribution is -0.0180. The highest BCUT2D eigenvalue weighted by atomic mass is 19.1. The Labute approximate surface area is 160 Å². The van der Waals surface area contributed by atoms with Crippen LogP contribution in [0.15, 0.2) is 42.5 Å². The predicted molar refractivity (Wildman–Crippen MR) is 94.1 cm³/mol. The first-order valence-corrected chi connectivity index (χ1v) is 8.80. The van der Waals surface area contributed by atoms with Crippen LogP contribution in [0, 0.1) is 5.82 Å². The van der Waals surface area contributed by atoms with E-state index >= 15 is 0 Å². The molecule has 2 aromatic carbocycles. The van der Waals surface area contributed by atoms with Crippen LogP contribution in [-0.4, -0.2) is 43.0 Å². The van der Waals surface area contributed by atoms with Crippen LogP contribution in [0.3, 0.4) is 0 Å². The molecular formula is C20H18FNO6. The molecule has 4 rings (SSSR count). The number of cyclic esters (lactones) is 1. The Morgan fingerprint density at radius 1 is 1.25 bits per heavy atom. The SMILES string of the molecule is O=C(OC[C@@H]1CN(Cc2ccccc2)C(=O)O1)c1cc(F)cc2c1OCOC2. The second-order valence-electron chi connectivity index (χ2n) is 6.52. The second kappa shape index (κ2) is 7.85. The van der Waals surface area contributed by atoms with E-state index in [-0.39, 0.29) is 31.3 Å². The Bertz CT molecular complexity index is 888. The number of fused-ring (bicyclic) bond motifs is 1. The van der Waals surface area contributed by atoms with E-state index in [1.807, 2.05) is 30.3 Å². The van der Waals surface area contributed by atoms with Crippen LogP contribution >= 0.6 is 0 Å². The van der Waals surface area contributed by atoms with E-state index in [9.17, 15) is 14.0 Å². The van der Waals surface area contributed by atoms with Crippen LogP contribution in [0.2, 0.25) is 0 Å². The first-order valence-electron chi connectivity index (χ1n) is 8.80. The predicted octanol–water partition coefficient (Wildman–Crippen LogP) is 2.87. The molecule has 0 bridgehead atoms. The van der Waals surface area contributed by atoms with E-state index in [1.165, 1.54) is 6.07 Å². The summed E-state index contributed by atoms with van der Waals surface area (Å²) in [5.74, 6) is -1.07. The molecule has 2 aliphatic heterocycles. The summed E-state index contributed by atoms with van der Waals surface area (Å²) in [6, 6.07) is 11.8. The zero-order valence-corrected chi connectivity index (χ0v) is 14.9. The Morgan fingerprint density at radius 2 is 2.07 bits per heavy atom. The molecule has 2 heterocycles.